The van der Waals surface area contributed by atoms with E-state index in [1.165, 1.54) is 0 Å². The fourth-order valence-corrected chi connectivity index (χ4v) is 2.07. The number of likely N-dealkylation sites (tertiary alicyclic amines) is 1. The average molecular weight is 195 g/mol. The van der Waals surface area contributed by atoms with Gasteiger partial charge in [-0.1, -0.05) is 0 Å². The van der Waals surface area contributed by atoms with Gasteiger partial charge in [0.25, 0.3) is 0 Å². The highest BCUT2D eigenvalue weighted by Crippen LogP contribution is 2.27. The summed E-state index contributed by atoms with van der Waals surface area (Å²) in [4.78, 5) is 2.36. The Labute approximate surface area is 84.3 Å². The Kier molecular flexibility index (Phi) is 2.89. The summed E-state index contributed by atoms with van der Waals surface area (Å²) in [6.07, 6.45) is 2.81. The molecule has 1 saturated heterocycles. The molecule has 1 aromatic rings. The molecule has 1 fully saturated rings. The Balaban J connectivity index is 1.97. The lowest BCUT2D eigenvalue weighted by atomic mass is 10.1. The molecule has 0 spiro atoms. The van der Waals surface area contributed by atoms with Gasteiger partial charge in [-0.3, -0.25) is 4.90 Å². The van der Waals surface area contributed by atoms with Crippen LogP contribution in [0.5, 0.6) is 0 Å². The summed E-state index contributed by atoms with van der Waals surface area (Å²) in [6.45, 7) is 4.51. The quantitative estimate of drug-likeness (QED) is 0.796. The molecule has 0 bridgehead atoms. The van der Waals surface area contributed by atoms with Gasteiger partial charge < -0.3 is 9.52 Å². The van der Waals surface area contributed by atoms with Gasteiger partial charge in [0.05, 0.1) is 12.3 Å². The summed E-state index contributed by atoms with van der Waals surface area (Å²) in [6, 6.07) is 4.27. The van der Waals surface area contributed by atoms with Gasteiger partial charge in [-0.15, -0.1) is 0 Å². The maximum Gasteiger partial charge on any atom is 0.120 e. The molecule has 1 aliphatic rings. The van der Waals surface area contributed by atoms with Crippen LogP contribution in [0.1, 0.15) is 25.1 Å². The molecule has 3 heteroatoms. The highest BCUT2D eigenvalue weighted by molar-refractivity contribution is 5.04. The summed E-state index contributed by atoms with van der Waals surface area (Å²) >= 11 is 0. The van der Waals surface area contributed by atoms with Gasteiger partial charge in [0.2, 0.25) is 0 Å². The Morgan fingerprint density at radius 1 is 1.71 bits per heavy atom. The van der Waals surface area contributed by atoms with Crippen molar-refractivity contribution >= 4 is 0 Å². The van der Waals surface area contributed by atoms with Crippen LogP contribution < -0.4 is 0 Å². The second-order valence-electron chi connectivity index (χ2n) is 4.02. The molecular weight excluding hydrogens is 178 g/mol. The van der Waals surface area contributed by atoms with Crippen molar-refractivity contribution in [3.63, 3.8) is 0 Å². The van der Waals surface area contributed by atoms with Crippen LogP contribution in [0.4, 0.5) is 0 Å². The summed E-state index contributed by atoms with van der Waals surface area (Å²) in [5, 5.41) is 9.05. The molecule has 2 heterocycles. The van der Waals surface area contributed by atoms with Crippen LogP contribution >= 0.6 is 0 Å². The Hall–Kier alpha value is -0.800. The number of aliphatic hydroxyl groups is 1. The molecule has 2 atom stereocenters. The second kappa shape index (κ2) is 4.15. The van der Waals surface area contributed by atoms with Gasteiger partial charge in [0.15, 0.2) is 0 Å². The van der Waals surface area contributed by atoms with Crippen molar-refractivity contribution < 1.29 is 9.52 Å². The monoisotopic (exact) mass is 195 g/mol. The van der Waals surface area contributed by atoms with Crippen molar-refractivity contribution in [3.8, 4) is 0 Å². The van der Waals surface area contributed by atoms with E-state index in [4.69, 9.17) is 9.52 Å². The van der Waals surface area contributed by atoms with Crippen molar-refractivity contribution in [2.24, 2.45) is 5.92 Å². The number of hydrogen-bond donors (Lipinski definition) is 1. The lowest BCUT2D eigenvalue weighted by molar-refractivity contribution is 0.193. The zero-order valence-corrected chi connectivity index (χ0v) is 8.52. The molecular formula is C11H17NO2. The fourth-order valence-electron chi connectivity index (χ4n) is 2.07. The smallest absolute Gasteiger partial charge is 0.120 e. The lowest BCUT2D eigenvalue weighted by Gasteiger charge is -2.22. The van der Waals surface area contributed by atoms with Crippen molar-refractivity contribution in [3.05, 3.63) is 24.2 Å². The minimum atomic E-state index is 0.307. The van der Waals surface area contributed by atoms with Crippen LogP contribution in [-0.2, 0) is 0 Å². The van der Waals surface area contributed by atoms with Crippen LogP contribution in [-0.4, -0.2) is 29.7 Å². The van der Waals surface area contributed by atoms with Gasteiger partial charge in [-0.25, -0.2) is 0 Å². The predicted molar refractivity (Wildman–Crippen MR) is 53.9 cm³/mol. The predicted octanol–water partition coefficient (Wildman–Crippen LogP) is 1.65. The molecule has 0 unspecified atom stereocenters. The van der Waals surface area contributed by atoms with Crippen LogP contribution in [0.25, 0.3) is 0 Å². The average Bonchev–Trinajstić information content (AvgIpc) is 2.88. The lowest BCUT2D eigenvalue weighted by Crippen LogP contribution is -2.24. The van der Waals surface area contributed by atoms with Crippen molar-refractivity contribution in [2.45, 2.75) is 19.4 Å². The largest absolute Gasteiger partial charge is 0.468 e. The zero-order valence-electron chi connectivity index (χ0n) is 8.52. The molecule has 78 valence electrons. The van der Waals surface area contributed by atoms with Gasteiger partial charge in [-0.2, -0.15) is 0 Å². The molecule has 1 aromatic heterocycles. The van der Waals surface area contributed by atoms with E-state index < -0.39 is 0 Å². The molecule has 3 nitrogen and oxygen atoms in total. The summed E-state index contributed by atoms with van der Waals surface area (Å²) in [7, 11) is 0. The molecule has 2 rings (SSSR count). The van der Waals surface area contributed by atoms with E-state index in [9.17, 15) is 0 Å². The number of rotatable bonds is 3. The highest BCUT2D eigenvalue weighted by atomic mass is 16.3. The van der Waals surface area contributed by atoms with Crippen molar-refractivity contribution in [2.75, 3.05) is 19.7 Å². The molecule has 0 radical (unpaired) electrons. The number of furan rings is 1. The second-order valence-corrected chi connectivity index (χ2v) is 4.02. The van der Waals surface area contributed by atoms with E-state index in [1.807, 2.05) is 12.1 Å². The van der Waals surface area contributed by atoms with Crippen LogP contribution in [0.2, 0.25) is 0 Å². The normalized spacial score (nSPS) is 25.4. The molecule has 14 heavy (non-hydrogen) atoms. The van der Waals surface area contributed by atoms with Crippen LogP contribution in [0.3, 0.4) is 0 Å². The first kappa shape index (κ1) is 9.74. The maximum atomic E-state index is 9.05. The standard InChI is InChI=1S/C11H17NO2/c1-9(11-3-2-6-14-11)12-5-4-10(7-12)8-13/h2-3,6,9-10,13H,4-5,7-8H2,1H3/t9-,10+/m0/s1. The molecule has 0 aromatic carbocycles. The van der Waals surface area contributed by atoms with Crippen molar-refractivity contribution in [1.29, 1.82) is 0 Å². The van der Waals surface area contributed by atoms with E-state index in [2.05, 4.69) is 11.8 Å². The first-order valence-corrected chi connectivity index (χ1v) is 5.19. The van der Waals surface area contributed by atoms with Crippen LogP contribution in [0.15, 0.2) is 22.8 Å². The van der Waals surface area contributed by atoms with Crippen LogP contribution in [0, 0.1) is 5.92 Å². The topological polar surface area (TPSA) is 36.6 Å². The number of hydrogen-bond acceptors (Lipinski definition) is 3. The first-order valence-electron chi connectivity index (χ1n) is 5.19. The van der Waals surface area contributed by atoms with Gasteiger partial charge in [0, 0.05) is 13.2 Å². The molecule has 0 amide bonds. The van der Waals surface area contributed by atoms with E-state index >= 15 is 0 Å². The van der Waals surface area contributed by atoms with E-state index in [-0.39, 0.29) is 0 Å². The summed E-state index contributed by atoms with van der Waals surface area (Å²) < 4.78 is 5.37. The zero-order chi connectivity index (χ0) is 9.97. The molecule has 1 aliphatic heterocycles. The first-order chi connectivity index (χ1) is 6.81. The third-order valence-electron chi connectivity index (χ3n) is 3.08. The Morgan fingerprint density at radius 2 is 2.57 bits per heavy atom. The molecule has 1 N–H and O–H groups in total. The number of nitrogens with zero attached hydrogens (tertiary/aromatic N) is 1. The van der Waals surface area contributed by atoms with E-state index in [0.717, 1.165) is 25.3 Å². The third kappa shape index (κ3) is 1.83. The maximum absolute atomic E-state index is 9.05. The number of aliphatic hydroxyl groups excluding tert-OH is 1. The van der Waals surface area contributed by atoms with Crippen molar-refractivity contribution in [1.82, 2.24) is 4.90 Å². The van der Waals surface area contributed by atoms with E-state index in [1.54, 1.807) is 6.26 Å². The molecule has 0 saturated carbocycles. The fraction of sp³-hybridized carbons (Fsp3) is 0.636. The highest BCUT2D eigenvalue weighted by Gasteiger charge is 2.27. The summed E-state index contributed by atoms with van der Waals surface area (Å²) in [5.41, 5.74) is 0. The van der Waals surface area contributed by atoms with E-state index in [0.29, 0.717) is 18.6 Å². The Bertz CT molecular complexity index is 271. The van der Waals surface area contributed by atoms with Gasteiger partial charge in [0.1, 0.15) is 5.76 Å². The van der Waals surface area contributed by atoms with Gasteiger partial charge >= 0.3 is 0 Å². The SMILES string of the molecule is C[C@@H](c1ccco1)N1CC[C@@H](CO)C1. The minimum Gasteiger partial charge on any atom is -0.468 e. The van der Waals surface area contributed by atoms with Gasteiger partial charge in [-0.05, 0) is 37.9 Å². The minimum absolute atomic E-state index is 0.307. The Morgan fingerprint density at radius 3 is 3.14 bits per heavy atom. The third-order valence-corrected chi connectivity index (χ3v) is 3.08. The summed E-state index contributed by atoms with van der Waals surface area (Å²) in [5.74, 6) is 1.47. The molecule has 0 aliphatic carbocycles.